The summed E-state index contributed by atoms with van der Waals surface area (Å²) in [6, 6.07) is 1.79. The Bertz CT molecular complexity index is 430. The van der Waals surface area contributed by atoms with Crippen molar-refractivity contribution in [2.24, 2.45) is 5.41 Å². The van der Waals surface area contributed by atoms with Crippen LogP contribution in [-0.2, 0) is 0 Å². The predicted molar refractivity (Wildman–Crippen MR) is 75.8 cm³/mol. The Balaban J connectivity index is 1.99. The molecule has 1 aromatic heterocycles. The summed E-state index contributed by atoms with van der Waals surface area (Å²) in [5.41, 5.74) is 0.0178. The van der Waals surface area contributed by atoms with Gasteiger partial charge in [-0.1, -0.05) is 6.92 Å². The molecule has 106 valence electrons. The number of nitrogens with zero attached hydrogens (tertiary/aromatic N) is 1. The van der Waals surface area contributed by atoms with E-state index in [0.29, 0.717) is 0 Å². The first-order valence-electron chi connectivity index (χ1n) is 6.67. The lowest BCUT2D eigenvalue weighted by Crippen LogP contribution is -2.44. The fraction of sp³-hybridized carbons (Fsp3) is 0.643. The Kier molecular flexibility index (Phi) is 4.47. The molecule has 1 aliphatic heterocycles. The molecule has 2 rings (SSSR count). The van der Waals surface area contributed by atoms with Crippen LogP contribution in [-0.4, -0.2) is 42.7 Å². The number of amides is 1. The second-order valence-electron chi connectivity index (χ2n) is 5.15. The molecule has 0 aromatic carbocycles. The predicted octanol–water partition coefficient (Wildman–Crippen LogP) is 2.38. The number of carbonyl (C=O) groups is 1. The molecule has 0 radical (unpaired) electrons. The molecular formula is C14H21NO3S. The highest BCUT2D eigenvalue weighted by Crippen LogP contribution is 2.35. The molecule has 1 N–H and O–H groups in total. The van der Waals surface area contributed by atoms with Gasteiger partial charge in [0, 0.05) is 31.1 Å². The molecule has 5 heteroatoms. The number of aliphatic hydroxyl groups excluding tert-OH is 1. The average molecular weight is 283 g/mol. The third-order valence-electron chi connectivity index (χ3n) is 4.22. The molecule has 0 saturated carbocycles. The van der Waals surface area contributed by atoms with Crippen molar-refractivity contribution in [1.29, 1.82) is 0 Å². The lowest BCUT2D eigenvalue weighted by atomic mass is 9.77. The summed E-state index contributed by atoms with van der Waals surface area (Å²) >= 11 is 1.42. The lowest BCUT2D eigenvalue weighted by Gasteiger charge is -2.40. The van der Waals surface area contributed by atoms with Gasteiger partial charge >= 0.3 is 0 Å². The van der Waals surface area contributed by atoms with Crippen LogP contribution in [0.1, 0.15) is 35.9 Å². The standard InChI is InChI=1S/C14H21NO3S/c1-3-14(10-16)4-6-15(7-5-14)13(17)12-8-11(18-2)9-19-12/h8-9,16H,3-7,10H2,1-2H3. The van der Waals surface area contributed by atoms with Gasteiger partial charge < -0.3 is 14.7 Å². The Labute approximate surface area is 118 Å². The van der Waals surface area contributed by atoms with Crippen LogP contribution in [0.5, 0.6) is 5.75 Å². The summed E-state index contributed by atoms with van der Waals surface area (Å²) < 4.78 is 5.11. The first kappa shape index (κ1) is 14.3. The third kappa shape index (κ3) is 2.92. The topological polar surface area (TPSA) is 49.8 Å². The van der Waals surface area contributed by atoms with Gasteiger partial charge in [0.2, 0.25) is 0 Å². The molecule has 0 bridgehead atoms. The summed E-state index contributed by atoms with van der Waals surface area (Å²) in [5, 5.41) is 11.3. The van der Waals surface area contributed by atoms with Crippen LogP contribution in [0, 0.1) is 5.41 Å². The highest BCUT2D eigenvalue weighted by Gasteiger charge is 2.34. The van der Waals surface area contributed by atoms with E-state index in [0.717, 1.165) is 43.0 Å². The largest absolute Gasteiger partial charge is 0.496 e. The van der Waals surface area contributed by atoms with Crippen LogP contribution in [0.3, 0.4) is 0 Å². The minimum absolute atomic E-state index is 0.0178. The van der Waals surface area contributed by atoms with Gasteiger partial charge in [-0.2, -0.15) is 0 Å². The number of likely N-dealkylation sites (tertiary alicyclic amines) is 1. The van der Waals surface area contributed by atoms with Gasteiger partial charge in [-0.05, 0) is 24.7 Å². The number of ether oxygens (including phenoxy) is 1. The van der Waals surface area contributed by atoms with E-state index in [-0.39, 0.29) is 17.9 Å². The quantitative estimate of drug-likeness (QED) is 0.923. The highest BCUT2D eigenvalue weighted by atomic mass is 32.1. The van der Waals surface area contributed by atoms with Gasteiger partial charge in [0.05, 0.1) is 12.0 Å². The second-order valence-corrected chi connectivity index (χ2v) is 6.07. The number of thiophene rings is 1. The van der Waals surface area contributed by atoms with Crippen molar-refractivity contribution in [3.05, 3.63) is 16.3 Å². The van der Waals surface area contributed by atoms with Crippen LogP contribution < -0.4 is 4.74 Å². The van der Waals surface area contributed by atoms with Crippen molar-refractivity contribution in [2.75, 3.05) is 26.8 Å². The van der Waals surface area contributed by atoms with Crippen molar-refractivity contribution >= 4 is 17.2 Å². The summed E-state index contributed by atoms with van der Waals surface area (Å²) in [4.78, 5) is 14.9. The van der Waals surface area contributed by atoms with Gasteiger partial charge in [-0.25, -0.2) is 0 Å². The van der Waals surface area contributed by atoms with Gasteiger partial charge in [-0.15, -0.1) is 11.3 Å². The van der Waals surface area contributed by atoms with Crippen LogP contribution in [0.25, 0.3) is 0 Å². The smallest absolute Gasteiger partial charge is 0.264 e. The van der Waals surface area contributed by atoms with E-state index in [1.807, 2.05) is 10.3 Å². The number of hydrogen-bond donors (Lipinski definition) is 1. The first-order chi connectivity index (χ1) is 9.14. The number of aliphatic hydroxyl groups is 1. The monoisotopic (exact) mass is 283 g/mol. The van der Waals surface area contributed by atoms with E-state index in [2.05, 4.69) is 6.92 Å². The summed E-state index contributed by atoms with van der Waals surface area (Å²) in [5.74, 6) is 0.819. The molecule has 1 fully saturated rings. The van der Waals surface area contributed by atoms with Crippen LogP contribution in [0.2, 0.25) is 0 Å². The highest BCUT2D eigenvalue weighted by molar-refractivity contribution is 7.12. The average Bonchev–Trinajstić information content (AvgIpc) is 2.95. The van der Waals surface area contributed by atoms with Gasteiger partial charge in [0.25, 0.3) is 5.91 Å². The summed E-state index contributed by atoms with van der Waals surface area (Å²) in [6.45, 7) is 3.79. The van der Waals surface area contributed by atoms with Crippen molar-refractivity contribution in [1.82, 2.24) is 4.90 Å². The SMILES string of the molecule is CCC1(CO)CCN(C(=O)c2cc(OC)cs2)CC1. The number of methoxy groups -OCH3 is 1. The molecule has 0 aliphatic carbocycles. The zero-order valence-electron chi connectivity index (χ0n) is 11.5. The van der Waals surface area contributed by atoms with Gasteiger partial charge in [0.15, 0.2) is 0 Å². The van der Waals surface area contributed by atoms with E-state index in [1.54, 1.807) is 13.2 Å². The Hall–Kier alpha value is -1.07. The van der Waals surface area contributed by atoms with E-state index >= 15 is 0 Å². The fourth-order valence-corrected chi connectivity index (χ4v) is 3.32. The second kappa shape index (κ2) is 5.92. The zero-order valence-corrected chi connectivity index (χ0v) is 12.3. The molecule has 2 heterocycles. The molecule has 1 saturated heterocycles. The molecule has 0 atom stereocenters. The summed E-state index contributed by atoms with van der Waals surface area (Å²) in [6.07, 6.45) is 2.74. The van der Waals surface area contributed by atoms with Crippen molar-refractivity contribution in [2.45, 2.75) is 26.2 Å². The molecule has 1 aliphatic rings. The van der Waals surface area contributed by atoms with E-state index in [1.165, 1.54) is 11.3 Å². The maximum absolute atomic E-state index is 12.3. The first-order valence-corrected chi connectivity index (χ1v) is 7.55. The molecule has 4 nitrogen and oxygen atoms in total. The van der Waals surface area contributed by atoms with Gasteiger partial charge in [-0.3, -0.25) is 4.79 Å². The summed E-state index contributed by atoms with van der Waals surface area (Å²) in [7, 11) is 1.61. The molecule has 19 heavy (non-hydrogen) atoms. The lowest BCUT2D eigenvalue weighted by molar-refractivity contribution is 0.0341. The maximum atomic E-state index is 12.3. The normalized spacial score (nSPS) is 18.4. The number of rotatable bonds is 4. The zero-order chi connectivity index (χ0) is 13.9. The third-order valence-corrected chi connectivity index (χ3v) is 5.12. The van der Waals surface area contributed by atoms with Crippen LogP contribution in [0.15, 0.2) is 11.4 Å². The van der Waals surface area contributed by atoms with E-state index in [9.17, 15) is 9.90 Å². The molecule has 0 spiro atoms. The van der Waals surface area contributed by atoms with Gasteiger partial charge in [0.1, 0.15) is 5.75 Å². The fourth-order valence-electron chi connectivity index (χ4n) is 2.50. The minimum atomic E-state index is 0.0178. The number of hydrogen-bond acceptors (Lipinski definition) is 4. The molecular weight excluding hydrogens is 262 g/mol. The molecule has 1 aromatic rings. The van der Waals surface area contributed by atoms with Crippen LogP contribution in [0.4, 0.5) is 0 Å². The Morgan fingerprint density at radius 2 is 2.21 bits per heavy atom. The number of carbonyl (C=O) groups excluding carboxylic acids is 1. The molecule has 1 amide bonds. The van der Waals surface area contributed by atoms with E-state index < -0.39 is 0 Å². The van der Waals surface area contributed by atoms with Crippen molar-refractivity contribution in [3.63, 3.8) is 0 Å². The Morgan fingerprint density at radius 3 is 2.68 bits per heavy atom. The van der Waals surface area contributed by atoms with Crippen molar-refractivity contribution < 1.29 is 14.6 Å². The van der Waals surface area contributed by atoms with Crippen LogP contribution >= 0.6 is 11.3 Å². The molecule has 0 unspecified atom stereocenters. The van der Waals surface area contributed by atoms with E-state index in [4.69, 9.17) is 4.74 Å². The number of piperidine rings is 1. The Morgan fingerprint density at radius 1 is 1.53 bits per heavy atom. The minimum Gasteiger partial charge on any atom is -0.496 e. The maximum Gasteiger partial charge on any atom is 0.264 e. The van der Waals surface area contributed by atoms with Crippen molar-refractivity contribution in [3.8, 4) is 5.75 Å².